The Morgan fingerprint density at radius 3 is 2.06 bits per heavy atom. The van der Waals surface area contributed by atoms with Crippen molar-refractivity contribution < 1.29 is 32.7 Å². The first-order valence-electron chi connectivity index (χ1n) is 9.84. The number of hydrogen-bond acceptors (Lipinski definition) is 4. The van der Waals surface area contributed by atoms with Gasteiger partial charge in [0.15, 0.2) is 0 Å². The molecule has 1 atom stereocenters. The standard InChI is InChI=1S/C24H21F3N2O4/c1-23(21(30)31,18-11-6-3-7-12-18)29(33-16-17-9-4-2-5-10-17)22(32)28-20-14-8-13-19(15-20)24(25,26)27/h2-15H,16H2,1H3,(H,28,32)(H,30,31)/p-1. The van der Waals surface area contributed by atoms with Gasteiger partial charge in [-0.1, -0.05) is 66.7 Å². The SMILES string of the molecule is CC(C(=O)[O-])(c1ccccc1)N(OCc1ccccc1)C(=O)Nc1cccc(C(F)(F)F)c1. The third-order valence-electron chi connectivity index (χ3n) is 4.97. The fraction of sp³-hybridized carbons (Fsp3) is 0.167. The molecule has 1 unspecified atom stereocenters. The molecule has 1 N–H and O–H groups in total. The molecule has 0 aliphatic rings. The van der Waals surface area contributed by atoms with E-state index in [2.05, 4.69) is 5.32 Å². The highest BCUT2D eigenvalue weighted by Crippen LogP contribution is 2.32. The van der Waals surface area contributed by atoms with Gasteiger partial charge in [0.25, 0.3) is 0 Å². The van der Waals surface area contributed by atoms with Gasteiger partial charge in [-0.2, -0.15) is 18.2 Å². The highest BCUT2D eigenvalue weighted by Gasteiger charge is 2.41. The number of aliphatic carboxylic acids is 1. The van der Waals surface area contributed by atoms with E-state index in [0.717, 1.165) is 18.2 Å². The van der Waals surface area contributed by atoms with Crippen molar-refractivity contribution in [3.05, 3.63) is 102 Å². The van der Waals surface area contributed by atoms with Crippen LogP contribution in [-0.4, -0.2) is 17.1 Å². The number of carbonyl (C=O) groups is 2. The Bertz CT molecular complexity index is 1110. The number of rotatable bonds is 7. The predicted octanol–water partition coefficient (Wildman–Crippen LogP) is 4.34. The van der Waals surface area contributed by atoms with Gasteiger partial charge in [0.2, 0.25) is 0 Å². The molecule has 6 nitrogen and oxygen atoms in total. The lowest BCUT2D eigenvalue weighted by atomic mass is 9.92. The van der Waals surface area contributed by atoms with E-state index in [-0.39, 0.29) is 17.9 Å². The molecule has 0 aromatic heterocycles. The topological polar surface area (TPSA) is 81.7 Å². The van der Waals surface area contributed by atoms with E-state index in [1.165, 1.54) is 25.1 Å². The Hall–Kier alpha value is -3.85. The number of anilines is 1. The van der Waals surface area contributed by atoms with Crippen LogP contribution in [0.25, 0.3) is 0 Å². The molecule has 0 saturated carbocycles. The molecule has 9 heteroatoms. The fourth-order valence-corrected chi connectivity index (χ4v) is 3.13. The van der Waals surface area contributed by atoms with Gasteiger partial charge in [-0.05, 0) is 36.2 Å². The number of alkyl halides is 3. The van der Waals surface area contributed by atoms with Gasteiger partial charge >= 0.3 is 12.2 Å². The average molecular weight is 457 g/mol. The number of nitrogens with zero attached hydrogens (tertiary/aromatic N) is 1. The van der Waals surface area contributed by atoms with Crippen LogP contribution in [0.2, 0.25) is 0 Å². The van der Waals surface area contributed by atoms with Crippen molar-refractivity contribution in [3.63, 3.8) is 0 Å². The summed E-state index contributed by atoms with van der Waals surface area (Å²) < 4.78 is 39.2. The Labute approximate surface area is 188 Å². The molecule has 2 amide bonds. The first-order chi connectivity index (χ1) is 15.6. The first kappa shape index (κ1) is 23.8. The number of halogens is 3. The second-order valence-corrected chi connectivity index (χ2v) is 7.29. The van der Waals surface area contributed by atoms with E-state index in [4.69, 9.17) is 4.84 Å². The third kappa shape index (κ3) is 5.50. The molecule has 0 aliphatic heterocycles. The van der Waals surface area contributed by atoms with E-state index in [1.54, 1.807) is 48.5 Å². The number of carboxylic acid groups (broad SMARTS) is 1. The number of hydroxylamine groups is 2. The van der Waals surface area contributed by atoms with Gasteiger partial charge < -0.3 is 15.2 Å². The first-order valence-corrected chi connectivity index (χ1v) is 9.84. The monoisotopic (exact) mass is 457 g/mol. The number of benzene rings is 3. The summed E-state index contributed by atoms with van der Waals surface area (Å²) in [7, 11) is 0. The Balaban J connectivity index is 1.97. The summed E-state index contributed by atoms with van der Waals surface area (Å²) in [5.74, 6) is -1.64. The number of carbonyl (C=O) groups excluding carboxylic acids is 2. The van der Waals surface area contributed by atoms with E-state index >= 15 is 0 Å². The fourth-order valence-electron chi connectivity index (χ4n) is 3.13. The Morgan fingerprint density at radius 2 is 1.48 bits per heavy atom. The minimum Gasteiger partial charge on any atom is -0.547 e. The van der Waals surface area contributed by atoms with Crippen LogP contribution in [0.15, 0.2) is 84.9 Å². The summed E-state index contributed by atoms with van der Waals surface area (Å²) in [5.41, 5.74) is -2.43. The second-order valence-electron chi connectivity index (χ2n) is 7.29. The summed E-state index contributed by atoms with van der Waals surface area (Å²) in [6, 6.07) is 19.3. The predicted molar refractivity (Wildman–Crippen MR) is 112 cm³/mol. The molecule has 0 fully saturated rings. The minimum absolute atomic E-state index is 0.174. The number of urea groups is 1. The maximum absolute atomic E-state index is 13.1. The maximum atomic E-state index is 13.1. The number of nitrogens with one attached hydrogen (secondary N) is 1. The summed E-state index contributed by atoms with van der Waals surface area (Å²) in [6.45, 7) is 1.04. The number of amides is 2. The molecule has 3 rings (SSSR count). The zero-order valence-corrected chi connectivity index (χ0v) is 17.5. The van der Waals surface area contributed by atoms with Crippen molar-refractivity contribution in [2.45, 2.75) is 25.2 Å². The van der Waals surface area contributed by atoms with Crippen LogP contribution >= 0.6 is 0 Å². The minimum atomic E-state index is -4.62. The molecular weight excluding hydrogens is 437 g/mol. The molecule has 0 heterocycles. The summed E-state index contributed by atoms with van der Waals surface area (Å²) in [6.07, 6.45) is -4.62. The number of hydrogen-bond donors (Lipinski definition) is 1. The lowest BCUT2D eigenvalue weighted by Crippen LogP contribution is -2.58. The largest absolute Gasteiger partial charge is 0.547 e. The van der Waals surface area contributed by atoms with Crippen molar-refractivity contribution >= 4 is 17.7 Å². The lowest BCUT2D eigenvalue weighted by molar-refractivity contribution is -0.331. The molecule has 33 heavy (non-hydrogen) atoms. The van der Waals surface area contributed by atoms with Gasteiger partial charge in [0.1, 0.15) is 12.1 Å². The quantitative estimate of drug-likeness (QED) is 0.536. The van der Waals surface area contributed by atoms with Gasteiger partial charge in [-0.3, -0.25) is 4.84 Å². The highest BCUT2D eigenvalue weighted by atomic mass is 19.4. The second kappa shape index (κ2) is 9.74. The molecule has 3 aromatic carbocycles. The van der Waals surface area contributed by atoms with Crippen molar-refractivity contribution in [1.82, 2.24) is 5.06 Å². The molecule has 0 spiro atoms. The van der Waals surface area contributed by atoms with Crippen LogP contribution in [-0.2, 0) is 28.0 Å². The van der Waals surface area contributed by atoms with Crippen molar-refractivity contribution in [3.8, 4) is 0 Å². The van der Waals surface area contributed by atoms with Crippen LogP contribution in [0.4, 0.5) is 23.7 Å². The van der Waals surface area contributed by atoms with E-state index < -0.39 is 29.3 Å². The van der Waals surface area contributed by atoms with Crippen molar-refractivity contribution in [2.75, 3.05) is 5.32 Å². The van der Waals surface area contributed by atoms with E-state index in [9.17, 15) is 27.9 Å². The maximum Gasteiger partial charge on any atom is 0.416 e. The zero-order valence-electron chi connectivity index (χ0n) is 17.5. The summed E-state index contributed by atoms with van der Waals surface area (Å²) >= 11 is 0. The smallest absolute Gasteiger partial charge is 0.416 e. The van der Waals surface area contributed by atoms with Crippen molar-refractivity contribution in [1.29, 1.82) is 0 Å². The molecule has 0 saturated heterocycles. The van der Waals surface area contributed by atoms with Crippen LogP contribution in [0.3, 0.4) is 0 Å². The highest BCUT2D eigenvalue weighted by molar-refractivity contribution is 5.93. The van der Waals surface area contributed by atoms with Crippen LogP contribution in [0.5, 0.6) is 0 Å². The Morgan fingerprint density at radius 1 is 0.909 bits per heavy atom. The molecule has 3 aromatic rings. The van der Waals surface area contributed by atoms with Crippen LogP contribution in [0, 0.1) is 0 Å². The van der Waals surface area contributed by atoms with Crippen LogP contribution in [0.1, 0.15) is 23.6 Å². The molecule has 0 aliphatic carbocycles. The van der Waals surface area contributed by atoms with Gasteiger partial charge in [-0.15, -0.1) is 0 Å². The molecular formula is C24H20F3N2O4-. The summed E-state index contributed by atoms with van der Waals surface area (Å²) in [5, 5.41) is 15.1. The van der Waals surface area contributed by atoms with Gasteiger partial charge in [-0.25, -0.2) is 4.79 Å². The molecule has 0 bridgehead atoms. The Kier molecular flexibility index (Phi) is 7.03. The molecule has 172 valence electrons. The lowest BCUT2D eigenvalue weighted by Gasteiger charge is -2.40. The van der Waals surface area contributed by atoms with Gasteiger partial charge in [0, 0.05) is 5.69 Å². The van der Waals surface area contributed by atoms with E-state index in [0.29, 0.717) is 10.6 Å². The zero-order chi connectivity index (χ0) is 24.1. The van der Waals surface area contributed by atoms with Gasteiger partial charge in [0.05, 0.1) is 11.5 Å². The van der Waals surface area contributed by atoms with Crippen molar-refractivity contribution in [2.24, 2.45) is 0 Å². The van der Waals surface area contributed by atoms with Crippen LogP contribution < -0.4 is 10.4 Å². The normalized spacial score (nSPS) is 13.1. The number of carboxylic acids is 1. The summed E-state index contributed by atoms with van der Waals surface area (Å²) in [4.78, 5) is 31.0. The average Bonchev–Trinajstić information content (AvgIpc) is 2.79. The third-order valence-corrected chi connectivity index (χ3v) is 4.97. The molecule has 0 radical (unpaired) electrons. The van der Waals surface area contributed by atoms with E-state index in [1.807, 2.05) is 0 Å².